The van der Waals surface area contributed by atoms with E-state index in [2.05, 4.69) is 9.97 Å². The Kier molecular flexibility index (Phi) is 1.66. The minimum Gasteiger partial charge on any atom is -0.292 e. The van der Waals surface area contributed by atoms with E-state index < -0.39 is 0 Å². The van der Waals surface area contributed by atoms with E-state index >= 15 is 0 Å². The Morgan fingerprint density at radius 3 is 2.93 bits per heavy atom. The van der Waals surface area contributed by atoms with Crippen LogP contribution < -0.4 is 0 Å². The summed E-state index contributed by atoms with van der Waals surface area (Å²) in [5, 5.41) is 0. The largest absolute Gasteiger partial charge is 0.292 e. The first-order valence-electron chi connectivity index (χ1n) is 5.23. The van der Waals surface area contributed by atoms with E-state index in [1.54, 1.807) is 0 Å². The number of Topliss-reactive ketones (excluding diaryl/α,β-unsaturated/α-hetero) is 1. The van der Waals surface area contributed by atoms with Crippen LogP contribution in [0.25, 0.3) is 0 Å². The van der Waals surface area contributed by atoms with E-state index in [0.717, 1.165) is 24.2 Å². The maximum atomic E-state index is 11.6. The van der Waals surface area contributed by atoms with Crippen molar-refractivity contribution in [1.29, 1.82) is 0 Å². The Bertz CT molecular complexity index is 396. The number of ketones is 1. The van der Waals surface area contributed by atoms with E-state index in [0.29, 0.717) is 18.0 Å². The molecule has 2 aliphatic rings. The Labute approximate surface area is 82.6 Å². The van der Waals surface area contributed by atoms with Gasteiger partial charge in [0.2, 0.25) is 0 Å². The van der Waals surface area contributed by atoms with Crippen molar-refractivity contribution in [3.63, 3.8) is 0 Å². The fraction of sp³-hybridized carbons (Fsp3) is 0.545. The fourth-order valence-electron chi connectivity index (χ4n) is 1.94. The van der Waals surface area contributed by atoms with Crippen molar-refractivity contribution >= 4 is 5.78 Å². The lowest BCUT2D eigenvalue weighted by Gasteiger charge is -2.13. The lowest BCUT2D eigenvalue weighted by atomic mass is 9.96. The number of rotatable bonds is 1. The average molecular weight is 188 g/mol. The van der Waals surface area contributed by atoms with Crippen LogP contribution in [0.4, 0.5) is 0 Å². The first kappa shape index (κ1) is 8.09. The van der Waals surface area contributed by atoms with Gasteiger partial charge in [0.05, 0.1) is 0 Å². The molecule has 1 heterocycles. The van der Waals surface area contributed by atoms with Gasteiger partial charge in [-0.3, -0.25) is 4.79 Å². The molecule has 2 aliphatic carbocycles. The highest BCUT2D eigenvalue weighted by molar-refractivity contribution is 5.96. The quantitative estimate of drug-likeness (QED) is 0.675. The Balaban J connectivity index is 2.06. The van der Waals surface area contributed by atoms with Crippen molar-refractivity contribution in [2.24, 2.45) is 0 Å². The summed E-state index contributed by atoms with van der Waals surface area (Å²) in [5.74, 6) is 1.63. The number of carbonyl (C=O) groups is 1. The zero-order valence-electron chi connectivity index (χ0n) is 7.99. The molecule has 72 valence electrons. The van der Waals surface area contributed by atoms with Crippen LogP contribution in [0.3, 0.4) is 0 Å². The molecule has 0 spiro atoms. The topological polar surface area (TPSA) is 42.9 Å². The molecule has 0 unspecified atom stereocenters. The number of fused-ring (bicyclic) bond motifs is 1. The van der Waals surface area contributed by atoms with Crippen molar-refractivity contribution < 1.29 is 4.79 Å². The van der Waals surface area contributed by atoms with Crippen molar-refractivity contribution in [2.45, 2.75) is 38.0 Å². The van der Waals surface area contributed by atoms with Crippen LogP contribution in [0.15, 0.2) is 6.20 Å². The van der Waals surface area contributed by atoms with Gasteiger partial charge >= 0.3 is 0 Å². The molecule has 0 aromatic carbocycles. The van der Waals surface area contributed by atoms with Gasteiger partial charge < -0.3 is 0 Å². The first-order chi connectivity index (χ1) is 6.84. The summed E-state index contributed by atoms with van der Waals surface area (Å²) in [4.78, 5) is 20.3. The molecular weight excluding hydrogens is 176 g/mol. The van der Waals surface area contributed by atoms with Gasteiger partial charge in [-0.25, -0.2) is 9.97 Å². The number of aromatic nitrogens is 2. The predicted molar refractivity (Wildman–Crippen MR) is 51.3 cm³/mol. The summed E-state index contributed by atoms with van der Waals surface area (Å²) in [7, 11) is 0. The van der Waals surface area contributed by atoms with Crippen molar-refractivity contribution in [3.05, 3.63) is 23.3 Å². The summed E-state index contributed by atoms with van der Waals surface area (Å²) in [6, 6.07) is 0. The van der Waals surface area contributed by atoms with E-state index in [4.69, 9.17) is 0 Å². The van der Waals surface area contributed by atoms with Crippen LogP contribution in [0.1, 0.15) is 53.5 Å². The number of nitrogens with zero attached hydrogens (tertiary/aromatic N) is 2. The minimum atomic E-state index is 0.204. The third-order valence-corrected chi connectivity index (χ3v) is 2.94. The van der Waals surface area contributed by atoms with Crippen LogP contribution in [0, 0.1) is 0 Å². The third-order valence-electron chi connectivity index (χ3n) is 2.94. The maximum Gasteiger partial charge on any atom is 0.181 e. The Hall–Kier alpha value is -1.25. The monoisotopic (exact) mass is 188 g/mol. The molecular formula is C11H12N2O. The summed E-state index contributed by atoms with van der Waals surface area (Å²) < 4.78 is 0. The molecule has 0 radical (unpaired) electrons. The summed E-state index contributed by atoms with van der Waals surface area (Å²) >= 11 is 0. The molecule has 1 aromatic rings. The van der Waals surface area contributed by atoms with Crippen LogP contribution in [0.5, 0.6) is 0 Å². The highest BCUT2D eigenvalue weighted by Gasteiger charge is 2.28. The summed E-state index contributed by atoms with van der Waals surface area (Å²) in [6.07, 6.45) is 6.81. The molecule has 1 aromatic heterocycles. The zero-order chi connectivity index (χ0) is 9.54. The molecule has 0 bridgehead atoms. The summed E-state index contributed by atoms with van der Waals surface area (Å²) in [5.41, 5.74) is 1.75. The number of hydrogen-bond acceptors (Lipinski definition) is 3. The molecule has 0 N–H and O–H groups in total. The standard InChI is InChI=1S/C11H12N2O/c14-9-3-1-2-8-6-12-11(7-4-5-7)13-10(8)9/h6-7H,1-5H2. The van der Waals surface area contributed by atoms with Crippen LogP contribution in [-0.2, 0) is 6.42 Å². The van der Waals surface area contributed by atoms with Gasteiger partial charge in [-0.15, -0.1) is 0 Å². The fourth-order valence-corrected chi connectivity index (χ4v) is 1.94. The Morgan fingerprint density at radius 1 is 1.29 bits per heavy atom. The molecule has 0 amide bonds. The van der Waals surface area contributed by atoms with Gasteiger partial charge in [-0.1, -0.05) is 0 Å². The van der Waals surface area contributed by atoms with E-state index in [-0.39, 0.29) is 5.78 Å². The average Bonchev–Trinajstić information content (AvgIpc) is 3.01. The predicted octanol–water partition coefficient (Wildman–Crippen LogP) is 1.87. The SMILES string of the molecule is O=C1CCCc2cnc(C3CC3)nc21. The molecule has 3 nitrogen and oxygen atoms in total. The molecule has 14 heavy (non-hydrogen) atoms. The molecule has 1 fully saturated rings. The van der Waals surface area contributed by atoms with Crippen LogP contribution in [-0.4, -0.2) is 15.8 Å². The molecule has 1 saturated carbocycles. The highest BCUT2D eigenvalue weighted by Crippen LogP contribution is 2.38. The number of carbonyl (C=O) groups excluding carboxylic acids is 1. The molecule has 0 atom stereocenters. The van der Waals surface area contributed by atoms with Crippen LogP contribution >= 0.6 is 0 Å². The highest BCUT2D eigenvalue weighted by atomic mass is 16.1. The molecule has 3 rings (SSSR count). The zero-order valence-corrected chi connectivity index (χ0v) is 7.99. The van der Waals surface area contributed by atoms with Crippen molar-refractivity contribution in [2.75, 3.05) is 0 Å². The smallest absolute Gasteiger partial charge is 0.181 e. The lowest BCUT2D eigenvalue weighted by molar-refractivity contribution is 0.0966. The van der Waals surface area contributed by atoms with Crippen molar-refractivity contribution in [1.82, 2.24) is 9.97 Å². The molecule has 0 aliphatic heterocycles. The van der Waals surface area contributed by atoms with Crippen LogP contribution in [0.2, 0.25) is 0 Å². The first-order valence-corrected chi connectivity index (χ1v) is 5.23. The van der Waals surface area contributed by atoms with Gasteiger partial charge in [0, 0.05) is 18.5 Å². The van der Waals surface area contributed by atoms with Gasteiger partial charge in [-0.05, 0) is 31.2 Å². The van der Waals surface area contributed by atoms with E-state index in [1.807, 2.05) is 6.20 Å². The second kappa shape index (κ2) is 2.87. The van der Waals surface area contributed by atoms with Crippen molar-refractivity contribution in [3.8, 4) is 0 Å². The second-order valence-corrected chi connectivity index (χ2v) is 4.15. The van der Waals surface area contributed by atoms with E-state index in [9.17, 15) is 4.79 Å². The van der Waals surface area contributed by atoms with E-state index in [1.165, 1.54) is 12.8 Å². The normalized spacial score (nSPS) is 20.7. The maximum absolute atomic E-state index is 11.6. The van der Waals surface area contributed by atoms with Gasteiger partial charge in [0.25, 0.3) is 0 Å². The number of hydrogen-bond donors (Lipinski definition) is 0. The second-order valence-electron chi connectivity index (χ2n) is 4.15. The number of aryl methyl sites for hydroxylation is 1. The Morgan fingerprint density at radius 2 is 2.14 bits per heavy atom. The van der Waals surface area contributed by atoms with Gasteiger partial charge in [0.1, 0.15) is 11.5 Å². The summed E-state index contributed by atoms with van der Waals surface area (Å²) in [6.45, 7) is 0. The van der Waals surface area contributed by atoms with Gasteiger partial charge in [0.15, 0.2) is 5.78 Å². The lowest BCUT2D eigenvalue weighted by Crippen LogP contribution is -2.15. The third kappa shape index (κ3) is 1.24. The minimum absolute atomic E-state index is 0.204. The van der Waals surface area contributed by atoms with Gasteiger partial charge in [-0.2, -0.15) is 0 Å². The molecule has 3 heteroatoms. The molecule has 0 saturated heterocycles.